The van der Waals surface area contributed by atoms with Crippen LogP contribution in [0.2, 0.25) is 0 Å². The zero-order valence-corrected chi connectivity index (χ0v) is 18.5. The van der Waals surface area contributed by atoms with E-state index in [4.69, 9.17) is 0 Å². The molecule has 0 bridgehead atoms. The van der Waals surface area contributed by atoms with Gasteiger partial charge in [0.25, 0.3) is 5.56 Å². The number of hydrogen-bond donors (Lipinski definition) is 1. The highest BCUT2D eigenvalue weighted by molar-refractivity contribution is 5.93. The van der Waals surface area contributed by atoms with Crippen molar-refractivity contribution in [3.63, 3.8) is 0 Å². The second-order valence-corrected chi connectivity index (χ2v) is 7.73. The van der Waals surface area contributed by atoms with Gasteiger partial charge in [-0.05, 0) is 43.7 Å². The van der Waals surface area contributed by atoms with Crippen LogP contribution < -0.4 is 10.5 Å². The molecule has 0 radical (unpaired) electrons. The van der Waals surface area contributed by atoms with Crippen LogP contribution in [0.1, 0.15) is 22.4 Å². The summed E-state index contributed by atoms with van der Waals surface area (Å²) in [4.78, 5) is 32.1. The number of carbonyl (C=O) groups excluding carboxylic acids is 1. The largest absolute Gasteiger partial charge is 0.416 e. The van der Waals surface area contributed by atoms with Crippen LogP contribution in [0.15, 0.2) is 53.3 Å². The first-order valence-corrected chi connectivity index (χ1v) is 10.2. The molecule has 0 saturated carbocycles. The Balaban J connectivity index is 2.07. The van der Waals surface area contributed by atoms with E-state index < -0.39 is 23.2 Å². The van der Waals surface area contributed by atoms with E-state index in [9.17, 15) is 27.9 Å². The van der Waals surface area contributed by atoms with Crippen molar-refractivity contribution in [3.8, 4) is 11.4 Å². The number of halogens is 3. The van der Waals surface area contributed by atoms with Crippen LogP contribution in [0.4, 0.5) is 18.9 Å². The molecule has 0 saturated heterocycles. The molecule has 0 atom stereocenters. The topological polar surface area (TPSA) is 75.4 Å². The highest BCUT2D eigenvalue weighted by Gasteiger charge is 2.30. The number of likely N-dealkylation sites (N-methyl/N-ethyl adjacent to an activating group) is 1. The van der Waals surface area contributed by atoms with E-state index in [0.29, 0.717) is 11.4 Å². The summed E-state index contributed by atoms with van der Waals surface area (Å²) in [6.45, 7) is 2.82. The molecule has 1 amide bonds. The lowest BCUT2D eigenvalue weighted by Gasteiger charge is -2.21. The first-order chi connectivity index (χ1) is 15.5. The van der Waals surface area contributed by atoms with Crippen LogP contribution in [0.25, 0.3) is 11.4 Å². The highest BCUT2D eigenvalue weighted by Crippen LogP contribution is 2.30. The number of hydrogen-bond acceptors (Lipinski definition) is 4. The number of carbonyl (C=O) groups is 1. The number of anilines is 1. The van der Waals surface area contributed by atoms with Gasteiger partial charge in [0.15, 0.2) is 0 Å². The Morgan fingerprint density at radius 3 is 2.36 bits per heavy atom. The van der Waals surface area contributed by atoms with Crippen molar-refractivity contribution in [3.05, 3.63) is 81.3 Å². The van der Waals surface area contributed by atoms with Crippen molar-refractivity contribution in [2.45, 2.75) is 33.0 Å². The van der Waals surface area contributed by atoms with E-state index in [2.05, 4.69) is 4.98 Å². The molecule has 0 aliphatic heterocycles. The van der Waals surface area contributed by atoms with Gasteiger partial charge >= 0.3 is 6.18 Å². The average Bonchev–Trinajstić information content (AvgIpc) is 2.77. The van der Waals surface area contributed by atoms with Crippen molar-refractivity contribution in [1.82, 2.24) is 9.55 Å². The summed E-state index contributed by atoms with van der Waals surface area (Å²) in [5.74, 6) is -0.324. The number of aromatic nitrogens is 2. The Kier molecular flexibility index (Phi) is 7.02. The molecule has 0 fully saturated rings. The smallest absolute Gasteiger partial charge is 0.396 e. The highest BCUT2D eigenvalue weighted by atomic mass is 19.4. The van der Waals surface area contributed by atoms with Gasteiger partial charge in [0.05, 0.1) is 5.56 Å². The van der Waals surface area contributed by atoms with E-state index >= 15 is 0 Å². The van der Waals surface area contributed by atoms with Crippen LogP contribution in [-0.4, -0.2) is 34.2 Å². The molecule has 9 heteroatoms. The number of aryl methyl sites for hydroxylation is 2. The molecule has 174 valence electrons. The fourth-order valence-electron chi connectivity index (χ4n) is 3.50. The summed E-state index contributed by atoms with van der Waals surface area (Å²) >= 11 is 0. The van der Waals surface area contributed by atoms with E-state index in [0.717, 1.165) is 22.3 Å². The molecule has 0 aliphatic rings. The molecule has 0 aliphatic carbocycles. The minimum atomic E-state index is -4.50. The summed E-state index contributed by atoms with van der Waals surface area (Å²) < 4.78 is 40.1. The molecular weight excluding hydrogens is 435 g/mol. The number of benzene rings is 2. The molecule has 1 heterocycles. The Hall–Kier alpha value is -3.46. The summed E-state index contributed by atoms with van der Waals surface area (Å²) in [6, 6.07) is 11.5. The SMILES string of the molecule is Cc1cccc(N(C)C(=O)Cn2c(-c3ccc(C(F)(F)F)cc3)nc(C)c(CCO)c2=O)c1. The van der Waals surface area contributed by atoms with Gasteiger partial charge in [-0.1, -0.05) is 24.3 Å². The zero-order chi connectivity index (χ0) is 24.3. The second kappa shape index (κ2) is 9.58. The number of nitrogens with zero attached hydrogens (tertiary/aromatic N) is 3. The molecule has 33 heavy (non-hydrogen) atoms. The molecular formula is C24H24F3N3O3. The van der Waals surface area contributed by atoms with Crippen molar-refractivity contribution in [1.29, 1.82) is 0 Å². The summed E-state index contributed by atoms with van der Waals surface area (Å²) in [6.07, 6.45) is -4.45. The minimum absolute atomic E-state index is 0.0485. The third kappa shape index (κ3) is 5.31. The Morgan fingerprint density at radius 2 is 1.79 bits per heavy atom. The van der Waals surface area contributed by atoms with E-state index in [1.54, 1.807) is 26.1 Å². The predicted molar refractivity (Wildman–Crippen MR) is 119 cm³/mol. The molecule has 3 rings (SSSR count). The van der Waals surface area contributed by atoms with Gasteiger partial charge < -0.3 is 10.0 Å². The molecule has 1 N–H and O–H groups in total. The van der Waals surface area contributed by atoms with Crippen molar-refractivity contribution < 1.29 is 23.1 Å². The number of alkyl halides is 3. The monoisotopic (exact) mass is 459 g/mol. The quantitative estimate of drug-likeness (QED) is 0.609. The molecule has 2 aromatic carbocycles. The molecule has 6 nitrogen and oxygen atoms in total. The van der Waals surface area contributed by atoms with Gasteiger partial charge in [0.2, 0.25) is 5.91 Å². The minimum Gasteiger partial charge on any atom is -0.396 e. The Bertz CT molecular complexity index is 1220. The average molecular weight is 459 g/mol. The fourth-order valence-corrected chi connectivity index (χ4v) is 3.50. The van der Waals surface area contributed by atoms with Gasteiger partial charge in [-0.3, -0.25) is 14.2 Å². The summed E-state index contributed by atoms with van der Waals surface area (Å²) in [5, 5.41) is 9.34. The maximum atomic E-state index is 13.2. The third-order valence-corrected chi connectivity index (χ3v) is 5.36. The van der Waals surface area contributed by atoms with Gasteiger partial charge in [-0.2, -0.15) is 13.2 Å². The van der Waals surface area contributed by atoms with E-state index in [1.165, 1.54) is 17.0 Å². The summed E-state index contributed by atoms with van der Waals surface area (Å²) in [5.41, 5.74) is 1.11. The van der Waals surface area contributed by atoms with Gasteiger partial charge in [0, 0.05) is 42.6 Å². The maximum absolute atomic E-state index is 13.2. The normalized spacial score (nSPS) is 11.5. The molecule has 0 unspecified atom stereocenters. The van der Waals surface area contributed by atoms with Crippen molar-refractivity contribution >= 4 is 11.6 Å². The van der Waals surface area contributed by atoms with E-state index in [1.807, 2.05) is 19.1 Å². The zero-order valence-electron chi connectivity index (χ0n) is 18.5. The lowest BCUT2D eigenvalue weighted by molar-refractivity contribution is -0.137. The molecule has 3 aromatic rings. The van der Waals surface area contributed by atoms with Crippen LogP contribution in [0.3, 0.4) is 0 Å². The van der Waals surface area contributed by atoms with Gasteiger partial charge in [-0.15, -0.1) is 0 Å². The van der Waals surface area contributed by atoms with Crippen LogP contribution >= 0.6 is 0 Å². The standard InChI is InChI=1S/C24H24F3N3O3/c1-15-5-4-6-19(13-15)29(3)21(32)14-30-22(28-16(2)20(11-12-31)23(30)33)17-7-9-18(10-8-17)24(25,26)27/h4-10,13,31H,11-12,14H2,1-3H3. The number of rotatable bonds is 6. The number of aliphatic hydroxyl groups excluding tert-OH is 1. The van der Waals surface area contributed by atoms with Gasteiger partial charge in [0.1, 0.15) is 12.4 Å². The second-order valence-electron chi connectivity index (χ2n) is 7.73. The van der Waals surface area contributed by atoms with Crippen molar-refractivity contribution in [2.75, 3.05) is 18.6 Å². The van der Waals surface area contributed by atoms with E-state index in [-0.39, 0.29) is 36.5 Å². The maximum Gasteiger partial charge on any atom is 0.416 e. The summed E-state index contributed by atoms with van der Waals surface area (Å²) in [7, 11) is 1.58. The number of aliphatic hydroxyl groups is 1. The fraction of sp³-hybridized carbons (Fsp3) is 0.292. The van der Waals surface area contributed by atoms with Crippen LogP contribution in [0, 0.1) is 13.8 Å². The lowest BCUT2D eigenvalue weighted by Crippen LogP contribution is -2.36. The Morgan fingerprint density at radius 1 is 1.12 bits per heavy atom. The van der Waals surface area contributed by atoms with Crippen LogP contribution in [0.5, 0.6) is 0 Å². The van der Waals surface area contributed by atoms with Gasteiger partial charge in [-0.25, -0.2) is 4.98 Å². The number of amides is 1. The van der Waals surface area contributed by atoms with Crippen LogP contribution in [-0.2, 0) is 23.9 Å². The molecule has 0 spiro atoms. The molecule has 1 aromatic heterocycles. The Labute approximate surface area is 188 Å². The third-order valence-electron chi connectivity index (χ3n) is 5.36. The first-order valence-electron chi connectivity index (χ1n) is 10.2. The van der Waals surface area contributed by atoms with Crippen molar-refractivity contribution in [2.24, 2.45) is 0 Å². The lowest BCUT2D eigenvalue weighted by atomic mass is 10.1. The predicted octanol–water partition coefficient (Wildman–Crippen LogP) is 3.74. The first kappa shape index (κ1) is 24.2.